The summed E-state index contributed by atoms with van der Waals surface area (Å²) in [6.45, 7) is 0. The zero-order valence-electron chi connectivity index (χ0n) is 11.6. The Morgan fingerprint density at radius 1 is 0.909 bits per heavy atom. The summed E-state index contributed by atoms with van der Waals surface area (Å²) in [6, 6.07) is 21.4. The summed E-state index contributed by atoms with van der Waals surface area (Å²) in [5.74, 6) is 0.537. The molecule has 0 fully saturated rings. The molecule has 2 aromatic carbocycles. The second kappa shape index (κ2) is 6.83. The molecule has 0 atom stereocenters. The van der Waals surface area contributed by atoms with Crippen LogP contribution in [-0.4, -0.2) is 16.4 Å². The van der Waals surface area contributed by atoms with E-state index in [1.54, 1.807) is 6.21 Å². The van der Waals surface area contributed by atoms with Crippen LogP contribution < -0.4 is 5.43 Å². The third kappa shape index (κ3) is 3.48. The SMILES string of the molecule is Clc1nnc(N/N=C/c2ccccc2)cc1-c1ccccc1. The fraction of sp³-hybridized carbons (Fsp3) is 0. The minimum Gasteiger partial charge on any atom is -0.260 e. The molecule has 0 unspecified atom stereocenters. The molecular weight excluding hydrogens is 296 g/mol. The van der Waals surface area contributed by atoms with Crippen molar-refractivity contribution in [3.05, 3.63) is 77.4 Å². The molecule has 0 amide bonds. The van der Waals surface area contributed by atoms with E-state index < -0.39 is 0 Å². The van der Waals surface area contributed by atoms with Crippen LogP contribution in [0.15, 0.2) is 71.8 Å². The molecule has 0 radical (unpaired) electrons. The van der Waals surface area contributed by atoms with Gasteiger partial charge in [-0.2, -0.15) is 5.10 Å². The van der Waals surface area contributed by atoms with E-state index >= 15 is 0 Å². The second-order valence-corrected chi connectivity index (χ2v) is 4.94. The van der Waals surface area contributed by atoms with Gasteiger partial charge in [0.1, 0.15) is 0 Å². The first-order chi connectivity index (χ1) is 10.8. The highest BCUT2D eigenvalue weighted by molar-refractivity contribution is 6.32. The van der Waals surface area contributed by atoms with E-state index in [-0.39, 0.29) is 0 Å². The molecule has 0 aliphatic heterocycles. The predicted molar refractivity (Wildman–Crippen MR) is 90.1 cm³/mol. The van der Waals surface area contributed by atoms with Gasteiger partial charge in [-0.15, -0.1) is 10.2 Å². The number of benzene rings is 2. The predicted octanol–water partition coefficient (Wildman–Crippen LogP) is 4.24. The summed E-state index contributed by atoms with van der Waals surface area (Å²) in [4.78, 5) is 0. The van der Waals surface area contributed by atoms with Gasteiger partial charge in [0.25, 0.3) is 0 Å². The molecule has 4 nitrogen and oxygen atoms in total. The van der Waals surface area contributed by atoms with Gasteiger partial charge in [-0.25, -0.2) is 0 Å². The molecule has 22 heavy (non-hydrogen) atoms. The van der Waals surface area contributed by atoms with Crippen molar-refractivity contribution in [2.45, 2.75) is 0 Å². The van der Waals surface area contributed by atoms with Gasteiger partial charge < -0.3 is 0 Å². The van der Waals surface area contributed by atoms with E-state index in [0.717, 1.165) is 16.7 Å². The first-order valence-electron chi connectivity index (χ1n) is 6.76. The van der Waals surface area contributed by atoms with Crippen molar-refractivity contribution in [3.8, 4) is 11.1 Å². The quantitative estimate of drug-likeness (QED) is 0.579. The molecule has 1 N–H and O–H groups in total. The molecule has 0 bridgehead atoms. The Kier molecular flexibility index (Phi) is 4.41. The van der Waals surface area contributed by atoms with Crippen LogP contribution in [0.5, 0.6) is 0 Å². The van der Waals surface area contributed by atoms with Gasteiger partial charge in [0.05, 0.1) is 6.21 Å². The Balaban J connectivity index is 1.80. The topological polar surface area (TPSA) is 50.2 Å². The lowest BCUT2D eigenvalue weighted by atomic mass is 10.1. The summed E-state index contributed by atoms with van der Waals surface area (Å²) in [5, 5.41) is 12.5. The highest BCUT2D eigenvalue weighted by atomic mass is 35.5. The standard InChI is InChI=1S/C17H13ClN4/c18-17-15(14-9-5-2-6-10-14)11-16(21-22-17)20-19-12-13-7-3-1-4-8-13/h1-12H,(H,20,21)/b19-12+. The average Bonchev–Trinajstić information content (AvgIpc) is 2.58. The molecule has 1 heterocycles. The number of hydrogen-bond acceptors (Lipinski definition) is 4. The summed E-state index contributed by atoms with van der Waals surface area (Å²) in [6.07, 6.45) is 1.72. The lowest BCUT2D eigenvalue weighted by Gasteiger charge is -2.05. The Morgan fingerprint density at radius 3 is 2.32 bits per heavy atom. The fourth-order valence-corrected chi connectivity index (χ4v) is 2.17. The lowest BCUT2D eigenvalue weighted by Crippen LogP contribution is -1.97. The Morgan fingerprint density at radius 2 is 1.59 bits per heavy atom. The highest BCUT2D eigenvalue weighted by Gasteiger charge is 2.06. The summed E-state index contributed by atoms with van der Waals surface area (Å²) < 4.78 is 0. The first-order valence-corrected chi connectivity index (χ1v) is 7.13. The molecule has 0 aliphatic rings. The molecule has 0 saturated carbocycles. The third-order valence-corrected chi connectivity index (χ3v) is 3.31. The van der Waals surface area contributed by atoms with Crippen molar-refractivity contribution in [1.29, 1.82) is 0 Å². The van der Waals surface area contributed by atoms with Crippen molar-refractivity contribution in [2.24, 2.45) is 5.10 Å². The zero-order valence-corrected chi connectivity index (χ0v) is 12.4. The minimum absolute atomic E-state index is 0.365. The zero-order chi connectivity index (χ0) is 15.2. The second-order valence-electron chi connectivity index (χ2n) is 4.58. The monoisotopic (exact) mass is 308 g/mol. The Labute approximate surface area is 133 Å². The Bertz CT molecular complexity index is 773. The van der Waals surface area contributed by atoms with Crippen molar-refractivity contribution < 1.29 is 0 Å². The van der Waals surface area contributed by atoms with Crippen LogP contribution in [0.25, 0.3) is 11.1 Å². The fourth-order valence-electron chi connectivity index (χ4n) is 1.96. The van der Waals surface area contributed by atoms with Crippen LogP contribution in [0.3, 0.4) is 0 Å². The highest BCUT2D eigenvalue weighted by Crippen LogP contribution is 2.27. The van der Waals surface area contributed by atoms with E-state index in [1.807, 2.05) is 66.7 Å². The molecule has 0 spiro atoms. The lowest BCUT2D eigenvalue weighted by molar-refractivity contribution is 1.02. The van der Waals surface area contributed by atoms with Gasteiger partial charge in [0.2, 0.25) is 0 Å². The maximum absolute atomic E-state index is 6.12. The number of anilines is 1. The van der Waals surface area contributed by atoms with Crippen LogP contribution in [-0.2, 0) is 0 Å². The molecule has 3 rings (SSSR count). The minimum atomic E-state index is 0.365. The van der Waals surface area contributed by atoms with Gasteiger partial charge in [-0.3, -0.25) is 5.43 Å². The molecule has 1 aromatic heterocycles. The average molecular weight is 309 g/mol. The number of hydrazone groups is 1. The third-order valence-electron chi connectivity index (χ3n) is 3.03. The van der Waals surface area contributed by atoms with E-state index in [0.29, 0.717) is 11.0 Å². The molecule has 108 valence electrons. The van der Waals surface area contributed by atoms with Crippen LogP contribution in [0.2, 0.25) is 5.15 Å². The Hall–Kier alpha value is -2.72. The molecule has 3 aromatic rings. The van der Waals surface area contributed by atoms with Crippen LogP contribution in [0, 0.1) is 0 Å². The number of halogens is 1. The number of nitrogens with one attached hydrogen (secondary N) is 1. The maximum Gasteiger partial charge on any atom is 0.169 e. The number of rotatable bonds is 4. The van der Waals surface area contributed by atoms with Gasteiger partial charge in [0.15, 0.2) is 11.0 Å². The molecule has 0 aliphatic carbocycles. The van der Waals surface area contributed by atoms with Crippen molar-refractivity contribution in [1.82, 2.24) is 10.2 Å². The summed E-state index contributed by atoms with van der Waals surface area (Å²) in [5.41, 5.74) is 5.67. The van der Waals surface area contributed by atoms with Crippen LogP contribution in [0.4, 0.5) is 5.82 Å². The summed E-state index contributed by atoms with van der Waals surface area (Å²) in [7, 11) is 0. The van der Waals surface area contributed by atoms with Gasteiger partial charge in [-0.05, 0) is 17.2 Å². The number of nitrogens with zero attached hydrogens (tertiary/aromatic N) is 3. The largest absolute Gasteiger partial charge is 0.260 e. The molecular formula is C17H13ClN4. The van der Waals surface area contributed by atoms with Gasteiger partial charge >= 0.3 is 0 Å². The normalized spacial score (nSPS) is 10.8. The number of aromatic nitrogens is 2. The smallest absolute Gasteiger partial charge is 0.169 e. The van der Waals surface area contributed by atoms with E-state index in [1.165, 1.54) is 0 Å². The molecule has 5 heteroatoms. The van der Waals surface area contributed by atoms with E-state index in [9.17, 15) is 0 Å². The van der Waals surface area contributed by atoms with Crippen molar-refractivity contribution >= 4 is 23.6 Å². The summed E-state index contributed by atoms with van der Waals surface area (Å²) >= 11 is 6.12. The van der Waals surface area contributed by atoms with E-state index in [4.69, 9.17) is 11.6 Å². The first kappa shape index (κ1) is 14.2. The van der Waals surface area contributed by atoms with Crippen LogP contribution >= 0.6 is 11.6 Å². The maximum atomic E-state index is 6.12. The molecule has 0 saturated heterocycles. The van der Waals surface area contributed by atoms with Gasteiger partial charge in [0, 0.05) is 5.56 Å². The van der Waals surface area contributed by atoms with Crippen molar-refractivity contribution in [3.63, 3.8) is 0 Å². The van der Waals surface area contributed by atoms with E-state index in [2.05, 4.69) is 20.7 Å². The van der Waals surface area contributed by atoms with Crippen LogP contribution in [0.1, 0.15) is 5.56 Å². The number of hydrogen-bond donors (Lipinski definition) is 1. The van der Waals surface area contributed by atoms with Gasteiger partial charge in [-0.1, -0.05) is 72.3 Å². The van der Waals surface area contributed by atoms with Crippen molar-refractivity contribution in [2.75, 3.05) is 5.43 Å².